The van der Waals surface area contributed by atoms with E-state index >= 15 is 0 Å². The first-order valence-electron chi connectivity index (χ1n) is 8.79. The van der Waals surface area contributed by atoms with Gasteiger partial charge in [-0.15, -0.1) is 0 Å². The minimum atomic E-state index is -0.840. The van der Waals surface area contributed by atoms with Crippen molar-refractivity contribution >= 4 is 18.2 Å². The minimum absolute atomic E-state index is 0.254. The summed E-state index contributed by atoms with van der Waals surface area (Å²) in [6, 6.07) is 0. The molecule has 2 aliphatic rings. The number of hydrogen-bond donors (Lipinski definition) is 2. The number of hydrogen-bond acceptors (Lipinski definition) is 4. The molecular weight excluding hydrogens is 328 g/mol. The molecule has 0 aromatic carbocycles. The fraction of sp³-hybridized carbons (Fsp3) is 0.824. The van der Waals surface area contributed by atoms with Gasteiger partial charge in [0.15, 0.2) is 0 Å². The van der Waals surface area contributed by atoms with Crippen LogP contribution < -0.4 is 0 Å². The second-order valence-corrected chi connectivity index (χ2v) is 7.43. The van der Waals surface area contributed by atoms with Crippen molar-refractivity contribution in [1.29, 1.82) is 0 Å². The van der Waals surface area contributed by atoms with Crippen LogP contribution in [0.1, 0.15) is 52.9 Å². The molecule has 2 fully saturated rings. The second-order valence-electron chi connectivity index (χ2n) is 7.43. The highest BCUT2D eigenvalue weighted by Gasteiger charge is 2.30. The van der Waals surface area contributed by atoms with Gasteiger partial charge in [0.25, 0.3) is 0 Å². The van der Waals surface area contributed by atoms with Crippen molar-refractivity contribution in [3.05, 3.63) is 0 Å². The molecule has 2 N–H and O–H groups in total. The number of aliphatic carboxylic acids is 1. The molecule has 2 saturated heterocycles. The molecule has 1 atom stereocenters. The Hall–Kier alpha value is -1.99. The Kier molecular flexibility index (Phi) is 7.99. The molecule has 0 spiro atoms. The van der Waals surface area contributed by atoms with Crippen LogP contribution in [0.4, 0.5) is 9.59 Å². The number of carboxylic acid groups (broad SMARTS) is 2. The van der Waals surface area contributed by atoms with Gasteiger partial charge in [-0.05, 0) is 52.9 Å². The highest BCUT2D eigenvalue weighted by atomic mass is 16.6. The Labute approximate surface area is 148 Å². The topological polar surface area (TPSA) is 107 Å². The molecule has 2 aliphatic heterocycles. The van der Waals surface area contributed by atoms with Crippen LogP contribution in [-0.4, -0.2) is 69.9 Å². The number of ether oxygens (including phenoxy) is 1. The molecule has 144 valence electrons. The van der Waals surface area contributed by atoms with Crippen molar-refractivity contribution in [3.8, 4) is 0 Å². The van der Waals surface area contributed by atoms with E-state index in [9.17, 15) is 14.4 Å². The van der Waals surface area contributed by atoms with E-state index in [4.69, 9.17) is 14.9 Å². The predicted molar refractivity (Wildman–Crippen MR) is 91.6 cm³/mol. The third-order valence-electron chi connectivity index (χ3n) is 4.05. The van der Waals surface area contributed by atoms with Gasteiger partial charge in [0.2, 0.25) is 0 Å². The summed E-state index contributed by atoms with van der Waals surface area (Å²) in [7, 11) is 0. The first-order valence-corrected chi connectivity index (χ1v) is 8.79. The van der Waals surface area contributed by atoms with E-state index < -0.39 is 29.7 Å². The van der Waals surface area contributed by atoms with Crippen LogP contribution in [0.2, 0.25) is 0 Å². The lowest BCUT2D eigenvalue weighted by Crippen LogP contribution is -2.44. The SMILES string of the molecule is CC(C)(C)OC(=O)N1CCC[C@@H](C(=O)O)C1.O=C(O)N1CCCCC1. The first kappa shape index (κ1) is 21.1. The van der Waals surface area contributed by atoms with Gasteiger partial charge >= 0.3 is 18.2 Å². The second kappa shape index (κ2) is 9.48. The van der Waals surface area contributed by atoms with Gasteiger partial charge < -0.3 is 24.7 Å². The van der Waals surface area contributed by atoms with E-state index in [1.54, 1.807) is 20.8 Å². The molecule has 2 amide bonds. The number of nitrogens with zero attached hydrogens (tertiary/aromatic N) is 2. The average molecular weight is 358 g/mol. The molecule has 8 heteroatoms. The largest absolute Gasteiger partial charge is 0.481 e. The van der Waals surface area contributed by atoms with Crippen LogP contribution in [0.5, 0.6) is 0 Å². The van der Waals surface area contributed by atoms with E-state index in [1.165, 1.54) is 16.2 Å². The van der Waals surface area contributed by atoms with Gasteiger partial charge in [0, 0.05) is 26.2 Å². The van der Waals surface area contributed by atoms with Crippen LogP contribution >= 0.6 is 0 Å². The fourth-order valence-electron chi connectivity index (χ4n) is 2.76. The van der Waals surface area contributed by atoms with Gasteiger partial charge in [0.1, 0.15) is 5.60 Å². The zero-order chi connectivity index (χ0) is 19.0. The quantitative estimate of drug-likeness (QED) is 0.746. The molecule has 0 saturated carbocycles. The first-order chi connectivity index (χ1) is 11.6. The van der Waals surface area contributed by atoms with Gasteiger partial charge in [0.05, 0.1) is 5.92 Å². The summed E-state index contributed by atoms with van der Waals surface area (Å²) in [5.41, 5.74) is -0.534. The molecule has 0 bridgehead atoms. The zero-order valence-electron chi connectivity index (χ0n) is 15.4. The van der Waals surface area contributed by atoms with Gasteiger partial charge in [-0.25, -0.2) is 9.59 Å². The molecule has 0 radical (unpaired) electrons. The van der Waals surface area contributed by atoms with Crippen LogP contribution in [0.15, 0.2) is 0 Å². The van der Waals surface area contributed by atoms with Crippen molar-refractivity contribution in [2.24, 2.45) is 5.92 Å². The van der Waals surface area contributed by atoms with Crippen LogP contribution in [-0.2, 0) is 9.53 Å². The predicted octanol–water partition coefficient (Wildman–Crippen LogP) is 2.87. The molecule has 0 aromatic heterocycles. The van der Waals surface area contributed by atoms with E-state index in [1.807, 2.05) is 0 Å². The zero-order valence-corrected chi connectivity index (χ0v) is 15.4. The lowest BCUT2D eigenvalue weighted by molar-refractivity contribution is -0.143. The molecule has 0 aliphatic carbocycles. The molecule has 0 aromatic rings. The molecule has 0 unspecified atom stereocenters. The fourth-order valence-corrected chi connectivity index (χ4v) is 2.76. The van der Waals surface area contributed by atoms with Crippen molar-refractivity contribution < 1.29 is 29.3 Å². The van der Waals surface area contributed by atoms with E-state index in [2.05, 4.69) is 0 Å². The molecule has 2 rings (SSSR count). The summed E-state index contributed by atoms with van der Waals surface area (Å²) in [6.07, 6.45) is 3.42. The van der Waals surface area contributed by atoms with Crippen LogP contribution in [0, 0.1) is 5.92 Å². The van der Waals surface area contributed by atoms with Crippen LogP contribution in [0.25, 0.3) is 0 Å². The number of rotatable bonds is 1. The van der Waals surface area contributed by atoms with Crippen molar-refractivity contribution in [2.75, 3.05) is 26.2 Å². The maximum atomic E-state index is 11.7. The maximum Gasteiger partial charge on any atom is 0.410 e. The Morgan fingerprint density at radius 1 is 0.920 bits per heavy atom. The number of carboxylic acids is 1. The Bertz CT molecular complexity index is 468. The number of piperidine rings is 2. The third-order valence-corrected chi connectivity index (χ3v) is 4.05. The highest BCUT2D eigenvalue weighted by molar-refractivity contribution is 5.73. The summed E-state index contributed by atoms with van der Waals surface area (Å²) < 4.78 is 5.20. The number of carbonyl (C=O) groups excluding carboxylic acids is 1. The van der Waals surface area contributed by atoms with E-state index in [-0.39, 0.29) is 6.54 Å². The Morgan fingerprint density at radius 3 is 1.92 bits per heavy atom. The third kappa shape index (κ3) is 8.09. The summed E-state index contributed by atoms with van der Waals surface area (Å²) in [5.74, 6) is -1.30. The van der Waals surface area contributed by atoms with Crippen LogP contribution in [0.3, 0.4) is 0 Å². The smallest absolute Gasteiger partial charge is 0.410 e. The van der Waals surface area contributed by atoms with Gasteiger partial charge in [-0.2, -0.15) is 0 Å². The summed E-state index contributed by atoms with van der Waals surface area (Å²) in [4.78, 5) is 35.8. The lowest BCUT2D eigenvalue weighted by atomic mass is 9.99. The number of carbonyl (C=O) groups is 3. The monoisotopic (exact) mass is 358 g/mol. The average Bonchev–Trinajstić information content (AvgIpc) is 2.55. The molecule has 8 nitrogen and oxygen atoms in total. The van der Waals surface area contributed by atoms with E-state index in [0.29, 0.717) is 13.0 Å². The number of amides is 2. The lowest BCUT2D eigenvalue weighted by Gasteiger charge is -2.32. The maximum absolute atomic E-state index is 11.7. The Balaban J connectivity index is 0.000000293. The standard InChI is InChI=1S/C11H19NO4.C6H11NO2/c1-11(2,3)16-10(15)12-6-4-5-8(7-12)9(13)14;8-6(9)7-4-2-1-3-5-7/h8H,4-7H2,1-3H3,(H,13,14);1-5H2,(H,8,9)/t8-;/m1./s1. The summed E-state index contributed by atoms with van der Waals surface area (Å²) >= 11 is 0. The highest BCUT2D eigenvalue weighted by Crippen LogP contribution is 2.19. The van der Waals surface area contributed by atoms with Crippen molar-refractivity contribution in [3.63, 3.8) is 0 Å². The normalized spacial score (nSPS) is 21.0. The molecule has 2 heterocycles. The Morgan fingerprint density at radius 2 is 1.48 bits per heavy atom. The van der Waals surface area contributed by atoms with Gasteiger partial charge in [-0.1, -0.05) is 0 Å². The number of likely N-dealkylation sites (tertiary alicyclic amines) is 2. The van der Waals surface area contributed by atoms with Crippen molar-refractivity contribution in [1.82, 2.24) is 9.80 Å². The minimum Gasteiger partial charge on any atom is -0.481 e. The summed E-state index contributed by atoms with van der Waals surface area (Å²) in [5, 5.41) is 17.4. The summed E-state index contributed by atoms with van der Waals surface area (Å²) in [6.45, 7) is 7.68. The molecular formula is C17H30N2O6. The van der Waals surface area contributed by atoms with E-state index in [0.717, 1.165) is 32.4 Å². The molecule has 25 heavy (non-hydrogen) atoms. The van der Waals surface area contributed by atoms with Gasteiger partial charge in [-0.3, -0.25) is 4.79 Å². The van der Waals surface area contributed by atoms with Crippen molar-refractivity contribution in [2.45, 2.75) is 58.5 Å².